The lowest BCUT2D eigenvalue weighted by molar-refractivity contribution is -0.149. The van der Waals surface area contributed by atoms with Crippen LogP contribution in [0.2, 0.25) is 0 Å². The molecule has 0 bridgehead atoms. The monoisotopic (exact) mass is 568 g/mol. The number of H-pyrrole nitrogens is 1. The normalized spacial score (nSPS) is 23.7. The SMILES string of the molecule is Cc1cn([C@H]2O[C@@H](COP(=O)(N[C@@H](C)C(=O)OC(C)C)Oc3ccccc3)C(O)[C@H]2C#N)c(=S)[nH]c1=S. The van der Waals surface area contributed by atoms with Gasteiger partial charge in [0, 0.05) is 11.8 Å². The Kier molecular flexibility index (Phi) is 9.77. The molecule has 0 saturated carbocycles. The fourth-order valence-electron chi connectivity index (χ4n) is 3.54. The van der Waals surface area contributed by atoms with Gasteiger partial charge in [-0.3, -0.25) is 13.9 Å². The standard InChI is InChI=1S/C23H29N4O7PS2/c1-13(2)32-22(29)15(4)26-35(30,34-16-8-6-5-7-9-16)31-12-18-19(28)17(10-24)21(33-18)27-11-14(3)20(36)25-23(27)37/h5-9,11,13,15,17-19,21,28H,12H2,1-4H3,(H,26,30)(H,25,36,37)/t15-,17+,18-,19?,21-,35?/m0/s1. The van der Waals surface area contributed by atoms with Gasteiger partial charge in [-0.2, -0.15) is 10.3 Å². The van der Waals surface area contributed by atoms with E-state index in [0.717, 1.165) is 0 Å². The van der Waals surface area contributed by atoms with Crippen LogP contribution in [0.3, 0.4) is 0 Å². The summed E-state index contributed by atoms with van der Waals surface area (Å²) in [5, 5.41) is 23.1. The maximum atomic E-state index is 13.7. The number of carbonyl (C=O) groups excluding carboxylic acids is 1. The highest BCUT2D eigenvalue weighted by atomic mass is 32.1. The van der Waals surface area contributed by atoms with Crippen LogP contribution in [-0.2, 0) is 23.4 Å². The van der Waals surface area contributed by atoms with Gasteiger partial charge in [-0.25, -0.2) is 4.57 Å². The Morgan fingerprint density at radius 2 is 2.00 bits per heavy atom. The molecular weight excluding hydrogens is 539 g/mol. The van der Waals surface area contributed by atoms with Gasteiger partial charge in [-0.1, -0.05) is 30.4 Å². The van der Waals surface area contributed by atoms with E-state index in [2.05, 4.69) is 10.1 Å². The van der Waals surface area contributed by atoms with E-state index in [9.17, 15) is 19.7 Å². The first-order valence-electron chi connectivity index (χ1n) is 11.5. The van der Waals surface area contributed by atoms with Crippen LogP contribution < -0.4 is 9.61 Å². The van der Waals surface area contributed by atoms with Gasteiger partial charge in [0.2, 0.25) is 0 Å². The van der Waals surface area contributed by atoms with Crippen LogP contribution in [0.4, 0.5) is 0 Å². The van der Waals surface area contributed by atoms with Gasteiger partial charge in [-0.05, 0) is 52.0 Å². The minimum atomic E-state index is -4.19. The summed E-state index contributed by atoms with van der Waals surface area (Å²) in [7, 11) is -4.19. The summed E-state index contributed by atoms with van der Waals surface area (Å²) in [6, 6.07) is 9.25. The zero-order valence-corrected chi connectivity index (χ0v) is 23.2. The lowest BCUT2D eigenvalue weighted by Crippen LogP contribution is -2.37. The molecule has 0 aliphatic carbocycles. The number of nitrogens with one attached hydrogen (secondary N) is 2. The number of aliphatic hydroxyl groups excluding tert-OH is 1. The molecule has 37 heavy (non-hydrogen) atoms. The molecule has 200 valence electrons. The van der Waals surface area contributed by atoms with E-state index in [1.165, 1.54) is 11.5 Å². The quantitative estimate of drug-likeness (QED) is 0.216. The van der Waals surface area contributed by atoms with Crippen molar-refractivity contribution in [2.45, 2.75) is 58.3 Å². The average molecular weight is 569 g/mol. The van der Waals surface area contributed by atoms with E-state index in [1.807, 2.05) is 6.07 Å². The maximum absolute atomic E-state index is 13.7. The first-order chi connectivity index (χ1) is 17.4. The molecule has 14 heteroatoms. The van der Waals surface area contributed by atoms with Crippen molar-refractivity contribution in [3.63, 3.8) is 0 Å². The Morgan fingerprint density at radius 1 is 1.32 bits per heavy atom. The second kappa shape index (κ2) is 12.4. The lowest BCUT2D eigenvalue weighted by Gasteiger charge is -2.25. The van der Waals surface area contributed by atoms with E-state index < -0.39 is 50.7 Å². The topological polar surface area (TPSA) is 148 Å². The minimum absolute atomic E-state index is 0.215. The Hall–Kier alpha value is -2.43. The molecule has 1 aromatic carbocycles. The molecule has 6 atom stereocenters. The number of carbonyl (C=O) groups is 1. The van der Waals surface area contributed by atoms with Gasteiger partial charge in [0.15, 0.2) is 11.0 Å². The molecule has 1 aliphatic rings. The van der Waals surface area contributed by atoms with Crippen molar-refractivity contribution in [1.29, 1.82) is 5.26 Å². The Labute approximate surface area is 224 Å². The summed E-state index contributed by atoms with van der Waals surface area (Å²) < 4.78 is 38.2. The van der Waals surface area contributed by atoms with Crippen LogP contribution in [0.5, 0.6) is 5.75 Å². The number of para-hydroxylation sites is 1. The summed E-state index contributed by atoms with van der Waals surface area (Å²) in [5.41, 5.74) is 0.699. The van der Waals surface area contributed by atoms with Gasteiger partial charge in [0.25, 0.3) is 0 Å². The number of nitrogens with zero attached hydrogens (tertiary/aromatic N) is 2. The molecule has 1 aromatic heterocycles. The third kappa shape index (κ3) is 7.33. The molecule has 2 heterocycles. The molecule has 1 saturated heterocycles. The highest BCUT2D eigenvalue weighted by Crippen LogP contribution is 2.46. The van der Waals surface area contributed by atoms with Crippen molar-refractivity contribution in [3.05, 3.63) is 51.5 Å². The van der Waals surface area contributed by atoms with Crippen LogP contribution in [0, 0.1) is 33.6 Å². The number of aromatic amines is 1. The summed E-state index contributed by atoms with van der Waals surface area (Å²) in [4.78, 5) is 15.2. The largest absolute Gasteiger partial charge is 0.462 e. The number of ether oxygens (including phenoxy) is 2. The number of nitriles is 1. The number of rotatable bonds is 10. The van der Waals surface area contributed by atoms with E-state index in [0.29, 0.717) is 10.2 Å². The second-order valence-corrected chi connectivity index (χ2v) is 11.2. The Balaban J connectivity index is 1.81. The first kappa shape index (κ1) is 29.1. The molecule has 1 fully saturated rings. The number of hydrogen-bond acceptors (Lipinski definition) is 10. The number of aliphatic hydroxyl groups is 1. The summed E-state index contributed by atoms with van der Waals surface area (Å²) in [5.74, 6) is -1.43. The maximum Gasteiger partial charge on any atom is 0.459 e. The molecule has 11 nitrogen and oxygen atoms in total. The zero-order chi connectivity index (χ0) is 27.3. The number of benzene rings is 1. The fourth-order valence-corrected chi connectivity index (χ4v) is 5.52. The van der Waals surface area contributed by atoms with E-state index in [-0.39, 0.29) is 16.6 Å². The minimum Gasteiger partial charge on any atom is -0.462 e. The molecule has 0 spiro atoms. The molecule has 1 aliphatic heterocycles. The van der Waals surface area contributed by atoms with Crippen LogP contribution >= 0.6 is 32.2 Å². The molecule has 3 rings (SSSR count). The van der Waals surface area contributed by atoms with Crippen molar-refractivity contribution in [2.24, 2.45) is 5.92 Å². The van der Waals surface area contributed by atoms with Crippen molar-refractivity contribution in [2.75, 3.05) is 6.61 Å². The van der Waals surface area contributed by atoms with E-state index in [1.54, 1.807) is 57.3 Å². The summed E-state index contributed by atoms with van der Waals surface area (Å²) in [6.45, 7) is 6.19. The molecular formula is C23H29N4O7PS2. The summed E-state index contributed by atoms with van der Waals surface area (Å²) in [6.07, 6.45) is -2.05. The fraction of sp³-hybridized carbons (Fsp3) is 0.478. The number of esters is 1. The number of aromatic nitrogens is 2. The van der Waals surface area contributed by atoms with E-state index >= 15 is 0 Å². The average Bonchev–Trinajstić information content (AvgIpc) is 3.15. The van der Waals surface area contributed by atoms with Crippen LogP contribution in [0.15, 0.2) is 36.5 Å². The smallest absolute Gasteiger partial charge is 0.459 e. The summed E-state index contributed by atoms with van der Waals surface area (Å²) >= 11 is 10.5. The van der Waals surface area contributed by atoms with Crippen molar-refractivity contribution >= 4 is 38.2 Å². The zero-order valence-electron chi connectivity index (χ0n) is 20.7. The van der Waals surface area contributed by atoms with Gasteiger partial charge >= 0.3 is 13.7 Å². The first-order valence-corrected chi connectivity index (χ1v) is 13.8. The Bertz CT molecular complexity index is 1310. The molecule has 0 radical (unpaired) electrons. The lowest BCUT2D eigenvalue weighted by atomic mass is 10.0. The predicted molar refractivity (Wildman–Crippen MR) is 139 cm³/mol. The van der Waals surface area contributed by atoms with Gasteiger partial charge in [0.1, 0.15) is 34.6 Å². The van der Waals surface area contributed by atoms with Crippen molar-refractivity contribution in [1.82, 2.24) is 14.6 Å². The second-order valence-electron chi connectivity index (χ2n) is 8.72. The third-order valence-corrected chi connectivity index (χ3v) is 7.75. The molecule has 2 unspecified atom stereocenters. The van der Waals surface area contributed by atoms with Crippen molar-refractivity contribution < 1.29 is 33.0 Å². The third-order valence-electron chi connectivity index (χ3n) is 5.37. The van der Waals surface area contributed by atoms with Gasteiger partial charge < -0.3 is 24.1 Å². The molecule has 0 amide bonds. The predicted octanol–water partition coefficient (Wildman–Crippen LogP) is 4.12. The van der Waals surface area contributed by atoms with Gasteiger partial charge in [-0.15, -0.1) is 0 Å². The van der Waals surface area contributed by atoms with E-state index in [4.69, 9.17) is 43.0 Å². The van der Waals surface area contributed by atoms with Gasteiger partial charge in [0.05, 0.1) is 18.8 Å². The molecule has 3 N–H and O–H groups in total. The highest BCUT2D eigenvalue weighted by molar-refractivity contribution is 7.72. The Morgan fingerprint density at radius 3 is 2.62 bits per heavy atom. The highest BCUT2D eigenvalue weighted by Gasteiger charge is 2.46. The number of hydrogen-bond donors (Lipinski definition) is 3. The van der Waals surface area contributed by atoms with Crippen molar-refractivity contribution in [3.8, 4) is 11.8 Å². The van der Waals surface area contributed by atoms with Crippen LogP contribution in [-0.4, -0.2) is 51.6 Å². The van der Waals surface area contributed by atoms with Crippen LogP contribution in [0.25, 0.3) is 0 Å². The number of aryl methyl sites for hydroxylation is 1. The molecule has 2 aromatic rings. The van der Waals surface area contributed by atoms with Crippen LogP contribution in [0.1, 0.15) is 32.6 Å².